The number of hydrogen-bond acceptors (Lipinski definition) is 5. The third-order valence-electron chi connectivity index (χ3n) is 5.50. The van der Waals surface area contributed by atoms with E-state index in [1.165, 1.54) is 24.3 Å². The van der Waals surface area contributed by atoms with Gasteiger partial charge in [-0.05, 0) is 42.8 Å². The number of carbonyl (C=O) groups is 2. The Labute approximate surface area is 209 Å². The van der Waals surface area contributed by atoms with Crippen molar-refractivity contribution in [2.75, 3.05) is 11.9 Å². The number of benzene rings is 3. The monoisotopic (exact) mass is 502 g/mol. The lowest BCUT2D eigenvalue weighted by Crippen LogP contribution is -2.39. The summed E-state index contributed by atoms with van der Waals surface area (Å²) in [4.78, 5) is 29.7. The molecule has 0 aliphatic carbocycles. The van der Waals surface area contributed by atoms with Crippen LogP contribution in [0, 0.1) is 0 Å². The standard InChI is InChI=1S/C27H26N4O4S/c1-2-3-17-28-27(33)31-36(34,35)21-15-13-20(14-16-21)29-26(32)23-18-25(19-9-5-4-6-10-19)30-24-12-8-7-11-22(23)24/h4-16,18H,2-3,17H2,1H3,(H,29,32)(H2,28,31,33). The number of hydrogen-bond donors (Lipinski definition) is 3. The first kappa shape index (κ1) is 24.9. The topological polar surface area (TPSA) is 117 Å². The molecular formula is C27H26N4O4S. The van der Waals surface area contributed by atoms with Gasteiger partial charge in [0.2, 0.25) is 0 Å². The fourth-order valence-corrected chi connectivity index (χ4v) is 4.56. The van der Waals surface area contributed by atoms with Crippen LogP contribution in [0.25, 0.3) is 22.2 Å². The minimum atomic E-state index is -4.04. The van der Waals surface area contributed by atoms with Crippen LogP contribution in [0.1, 0.15) is 30.1 Å². The quantitative estimate of drug-likeness (QED) is 0.295. The second-order valence-electron chi connectivity index (χ2n) is 8.13. The summed E-state index contributed by atoms with van der Waals surface area (Å²) in [6, 6.07) is 23.5. The fraction of sp³-hybridized carbons (Fsp3) is 0.148. The maximum atomic E-state index is 13.2. The lowest BCUT2D eigenvalue weighted by atomic mass is 10.0. The highest BCUT2D eigenvalue weighted by molar-refractivity contribution is 7.90. The second-order valence-corrected chi connectivity index (χ2v) is 9.81. The smallest absolute Gasteiger partial charge is 0.328 e. The molecule has 1 heterocycles. The summed E-state index contributed by atoms with van der Waals surface area (Å²) < 4.78 is 27.0. The Morgan fingerprint density at radius 1 is 0.889 bits per heavy atom. The molecule has 3 N–H and O–H groups in total. The molecule has 3 amide bonds. The zero-order chi connectivity index (χ0) is 25.5. The van der Waals surface area contributed by atoms with Crippen molar-refractivity contribution >= 4 is 38.6 Å². The van der Waals surface area contributed by atoms with E-state index in [1.54, 1.807) is 6.07 Å². The first-order valence-corrected chi connectivity index (χ1v) is 13.0. The van der Waals surface area contributed by atoms with E-state index in [0.717, 1.165) is 18.4 Å². The highest BCUT2D eigenvalue weighted by Crippen LogP contribution is 2.26. The molecule has 4 aromatic rings. The zero-order valence-corrected chi connectivity index (χ0v) is 20.5. The van der Waals surface area contributed by atoms with Gasteiger partial charge >= 0.3 is 6.03 Å². The molecule has 9 heteroatoms. The van der Waals surface area contributed by atoms with Crippen molar-refractivity contribution in [1.82, 2.24) is 15.0 Å². The van der Waals surface area contributed by atoms with Crippen LogP contribution < -0.4 is 15.4 Å². The van der Waals surface area contributed by atoms with Gasteiger partial charge in [-0.3, -0.25) is 4.79 Å². The summed E-state index contributed by atoms with van der Waals surface area (Å²) in [5.74, 6) is -0.352. The zero-order valence-electron chi connectivity index (χ0n) is 19.7. The molecule has 0 aliphatic rings. The average Bonchev–Trinajstić information content (AvgIpc) is 2.88. The van der Waals surface area contributed by atoms with Crippen molar-refractivity contribution in [3.63, 3.8) is 0 Å². The van der Waals surface area contributed by atoms with Crippen molar-refractivity contribution in [1.29, 1.82) is 0 Å². The summed E-state index contributed by atoms with van der Waals surface area (Å²) in [6.07, 6.45) is 1.63. The number of pyridine rings is 1. The van der Waals surface area contributed by atoms with Gasteiger partial charge in [-0.25, -0.2) is 22.9 Å². The van der Waals surface area contributed by atoms with Crippen LogP contribution in [0.3, 0.4) is 0 Å². The number of amides is 3. The molecule has 0 saturated heterocycles. The molecule has 3 aromatic carbocycles. The van der Waals surface area contributed by atoms with Crippen LogP contribution in [-0.4, -0.2) is 31.9 Å². The molecular weight excluding hydrogens is 476 g/mol. The Morgan fingerprint density at radius 2 is 1.58 bits per heavy atom. The van der Waals surface area contributed by atoms with Gasteiger partial charge in [0.1, 0.15) is 0 Å². The van der Waals surface area contributed by atoms with E-state index in [2.05, 4.69) is 10.6 Å². The molecule has 0 unspecified atom stereocenters. The van der Waals surface area contributed by atoms with Crippen LogP contribution in [0.15, 0.2) is 89.8 Å². The fourth-order valence-electron chi connectivity index (χ4n) is 3.63. The van der Waals surface area contributed by atoms with E-state index in [9.17, 15) is 18.0 Å². The number of nitrogens with one attached hydrogen (secondary N) is 3. The molecule has 184 valence electrons. The number of nitrogens with zero attached hydrogens (tertiary/aromatic N) is 1. The molecule has 4 rings (SSSR count). The summed E-state index contributed by atoms with van der Waals surface area (Å²) in [6.45, 7) is 2.36. The van der Waals surface area contributed by atoms with Crippen molar-refractivity contribution in [3.05, 3.63) is 90.5 Å². The van der Waals surface area contributed by atoms with Crippen LogP contribution in [0.4, 0.5) is 10.5 Å². The van der Waals surface area contributed by atoms with Gasteiger partial charge in [-0.15, -0.1) is 0 Å². The number of rotatable bonds is 8. The van der Waals surface area contributed by atoms with Crippen LogP contribution in [0.5, 0.6) is 0 Å². The van der Waals surface area contributed by atoms with Gasteiger partial charge < -0.3 is 10.6 Å². The van der Waals surface area contributed by atoms with Crippen LogP contribution in [0.2, 0.25) is 0 Å². The normalized spacial score (nSPS) is 11.1. The first-order valence-electron chi connectivity index (χ1n) is 11.5. The van der Waals surface area contributed by atoms with E-state index in [4.69, 9.17) is 4.98 Å². The van der Waals surface area contributed by atoms with E-state index < -0.39 is 16.1 Å². The third kappa shape index (κ3) is 5.87. The number of unbranched alkanes of at least 4 members (excludes halogenated alkanes) is 1. The van der Waals surface area contributed by atoms with Crippen molar-refractivity contribution in [2.24, 2.45) is 0 Å². The van der Waals surface area contributed by atoms with Crippen molar-refractivity contribution in [3.8, 4) is 11.3 Å². The van der Waals surface area contributed by atoms with Crippen LogP contribution in [-0.2, 0) is 10.0 Å². The van der Waals surface area contributed by atoms with Crippen molar-refractivity contribution < 1.29 is 18.0 Å². The van der Waals surface area contributed by atoms with Gasteiger partial charge in [-0.2, -0.15) is 0 Å². The molecule has 0 saturated carbocycles. The Bertz CT molecular complexity index is 1490. The van der Waals surface area contributed by atoms with Crippen LogP contribution >= 0.6 is 0 Å². The average molecular weight is 503 g/mol. The first-order chi connectivity index (χ1) is 17.4. The Morgan fingerprint density at radius 3 is 2.31 bits per heavy atom. The highest BCUT2D eigenvalue weighted by Gasteiger charge is 2.18. The molecule has 0 aliphatic heterocycles. The van der Waals surface area contributed by atoms with E-state index in [0.29, 0.717) is 34.4 Å². The van der Waals surface area contributed by atoms with E-state index in [1.807, 2.05) is 66.2 Å². The molecule has 0 atom stereocenters. The minimum absolute atomic E-state index is 0.0909. The molecule has 0 bridgehead atoms. The molecule has 8 nitrogen and oxygen atoms in total. The van der Waals surface area contributed by atoms with Crippen molar-refractivity contribution in [2.45, 2.75) is 24.7 Å². The third-order valence-corrected chi connectivity index (χ3v) is 6.84. The van der Waals surface area contributed by atoms with E-state index >= 15 is 0 Å². The lowest BCUT2D eigenvalue weighted by molar-refractivity contribution is 0.102. The number of aromatic nitrogens is 1. The molecule has 0 radical (unpaired) electrons. The number of para-hydroxylation sites is 1. The maximum absolute atomic E-state index is 13.2. The summed E-state index contributed by atoms with van der Waals surface area (Å²) in [5.41, 5.74) is 3.10. The number of sulfonamides is 1. The van der Waals surface area contributed by atoms with Gasteiger partial charge in [0.05, 0.1) is 21.7 Å². The van der Waals surface area contributed by atoms with Gasteiger partial charge in [-0.1, -0.05) is 61.9 Å². The minimum Gasteiger partial charge on any atom is -0.337 e. The Hall–Kier alpha value is -4.24. The number of fused-ring (bicyclic) bond motifs is 1. The largest absolute Gasteiger partial charge is 0.337 e. The van der Waals surface area contributed by atoms with E-state index in [-0.39, 0.29) is 10.8 Å². The number of urea groups is 1. The summed E-state index contributed by atoms with van der Waals surface area (Å²) in [5, 5.41) is 6.03. The molecule has 0 fully saturated rings. The van der Waals surface area contributed by atoms with Gasteiger partial charge in [0.25, 0.3) is 15.9 Å². The maximum Gasteiger partial charge on any atom is 0.328 e. The van der Waals surface area contributed by atoms with Gasteiger partial charge in [0, 0.05) is 23.2 Å². The Balaban J connectivity index is 1.54. The van der Waals surface area contributed by atoms with Gasteiger partial charge in [0.15, 0.2) is 0 Å². The molecule has 36 heavy (non-hydrogen) atoms. The summed E-state index contributed by atoms with van der Waals surface area (Å²) in [7, 11) is -4.04. The highest BCUT2D eigenvalue weighted by atomic mass is 32.2. The predicted octanol–water partition coefficient (Wildman–Crippen LogP) is 4.94. The molecule has 1 aromatic heterocycles. The lowest BCUT2D eigenvalue weighted by Gasteiger charge is -2.12. The molecule has 0 spiro atoms. The predicted molar refractivity (Wildman–Crippen MR) is 140 cm³/mol. The second kappa shape index (κ2) is 11.0. The Kier molecular flexibility index (Phi) is 7.60. The number of carbonyl (C=O) groups excluding carboxylic acids is 2. The SMILES string of the molecule is CCCCNC(=O)NS(=O)(=O)c1ccc(NC(=O)c2cc(-c3ccccc3)nc3ccccc23)cc1. The summed E-state index contributed by atoms with van der Waals surface area (Å²) >= 11 is 0. The number of anilines is 1.